The molecule has 2 heterocycles. The summed E-state index contributed by atoms with van der Waals surface area (Å²) in [7, 11) is 0. The van der Waals surface area contributed by atoms with Crippen molar-refractivity contribution in [3.05, 3.63) is 40.9 Å². The zero-order valence-electron chi connectivity index (χ0n) is 11.6. The van der Waals surface area contributed by atoms with E-state index in [1.807, 2.05) is 12.1 Å². The first kappa shape index (κ1) is 14.6. The average Bonchev–Trinajstić information content (AvgIpc) is 2.77. The van der Waals surface area contributed by atoms with Crippen molar-refractivity contribution in [3.8, 4) is 0 Å². The van der Waals surface area contributed by atoms with E-state index in [-0.39, 0.29) is 24.5 Å². The van der Waals surface area contributed by atoms with E-state index >= 15 is 0 Å². The van der Waals surface area contributed by atoms with E-state index < -0.39 is 6.09 Å². The number of cyclic esters (lactones) is 1. The van der Waals surface area contributed by atoms with Crippen molar-refractivity contribution in [2.45, 2.75) is 6.04 Å². The summed E-state index contributed by atoms with van der Waals surface area (Å²) in [5.41, 5.74) is 0.869. The molecule has 0 saturated carbocycles. The quantitative estimate of drug-likeness (QED) is 0.792. The fraction of sp³-hybridized carbons (Fsp3) is 0.267. The number of carbonyl (C=O) groups excluding carboxylic acids is 3. The van der Waals surface area contributed by atoms with Crippen LogP contribution in [0.1, 0.15) is 5.56 Å². The summed E-state index contributed by atoms with van der Waals surface area (Å²) in [6.07, 6.45) is 2.53. The maximum Gasteiger partial charge on any atom is 0.417 e. The summed E-state index contributed by atoms with van der Waals surface area (Å²) < 4.78 is 4.65. The number of halogens is 1. The SMILES string of the molecule is O=C(/C=C/c1ccc(Cl)cc1)N1CC(N2C(=O)COC2=O)C1. The van der Waals surface area contributed by atoms with Crippen molar-refractivity contribution in [2.75, 3.05) is 19.7 Å². The van der Waals surface area contributed by atoms with Crippen molar-refractivity contribution in [3.63, 3.8) is 0 Å². The molecular formula is C15H13ClN2O4. The molecule has 3 rings (SSSR count). The van der Waals surface area contributed by atoms with E-state index in [1.165, 1.54) is 6.08 Å². The second-order valence-electron chi connectivity index (χ2n) is 5.10. The zero-order chi connectivity index (χ0) is 15.7. The van der Waals surface area contributed by atoms with Crippen LogP contribution >= 0.6 is 11.6 Å². The fourth-order valence-electron chi connectivity index (χ4n) is 2.36. The van der Waals surface area contributed by atoms with Crippen molar-refractivity contribution in [1.82, 2.24) is 9.80 Å². The van der Waals surface area contributed by atoms with Crippen LogP contribution in [0.15, 0.2) is 30.3 Å². The lowest BCUT2D eigenvalue weighted by atomic mass is 10.1. The van der Waals surface area contributed by atoms with Gasteiger partial charge in [0, 0.05) is 24.2 Å². The molecule has 114 valence electrons. The summed E-state index contributed by atoms with van der Waals surface area (Å²) in [5.74, 6) is -0.509. The lowest BCUT2D eigenvalue weighted by Crippen LogP contribution is -2.61. The number of hydrogen-bond acceptors (Lipinski definition) is 4. The monoisotopic (exact) mass is 320 g/mol. The van der Waals surface area contributed by atoms with Crippen LogP contribution in [-0.4, -0.2) is 53.4 Å². The first-order chi connectivity index (χ1) is 10.5. The summed E-state index contributed by atoms with van der Waals surface area (Å²) in [6.45, 7) is 0.467. The van der Waals surface area contributed by atoms with E-state index in [0.29, 0.717) is 18.1 Å². The van der Waals surface area contributed by atoms with Gasteiger partial charge in [0.15, 0.2) is 6.61 Å². The summed E-state index contributed by atoms with van der Waals surface area (Å²) in [4.78, 5) is 37.5. The molecule has 7 heteroatoms. The number of hydrogen-bond donors (Lipinski definition) is 0. The Balaban J connectivity index is 1.54. The number of rotatable bonds is 3. The Hall–Kier alpha value is -2.34. The van der Waals surface area contributed by atoms with Gasteiger partial charge in [-0.2, -0.15) is 0 Å². The molecule has 22 heavy (non-hydrogen) atoms. The standard InChI is InChI=1S/C15H13ClN2O4/c16-11-4-1-10(2-5-11)3-6-13(19)17-7-12(8-17)18-14(20)9-22-15(18)21/h1-6,12H,7-9H2/b6-3+. The predicted molar refractivity (Wildman–Crippen MR) is 79.0 cm³/mol. The maximum atomic E-state index is 12.0. The van der Waals surface area contributed by atoms with E-state index in [1.54, 1.807) is 23.1 Å². The minimum Gasteiger partial charge on any atom is -0.439 e. The van der Waals surface area contributed by atoms with Crippen LogP contribution in [-0.2, 0) is 14.3 Å². The van der Waals surface area contributed by atoms with E-state index in [4.69, 9.17) is 11.6 Å². The lowest BCUT2D eigenvalue weighted by molar-refractivity contribution is -0.138. The van der Waals surface area contributed by atoms with Crippen molar-refractivity contribution >= 4 is 35.6 Å². The minimum atomic E-state index is -0.626. The van der Waals surface area contributed by atoms with Gasteiger partial charge in [-0.1, -0.05) is 23.7 Å². The number of imide groups is 1. The number of benzene rings is 1. The third-order valence-electron chi connectivity index (χ3n) is 3.61. The first-order valence-electron chi connectivity index (χ1n) is 6.76. The molecule has 3 amide bonds. The van der Waals surface area contributed by atoms with Gasteiger partial charge in [-0.3, -0.25) is 9.59 Å². The molecule has 2 aliphatic rings. The van der Waals surface area contributed by atoms with Crippen LogP contribution in [0.25, 0.3) is 6.08 Å². The minimum absolute atomic E-state index is 0.161. The van der Waals surface area contributed by atoms with Crippen LogP contribution in [0.5, 0.6) is 0 Å². The van der Waals surface area contributed by atoms with Gasteiger partial charge in [-0.05, 0) is 23.8 Å². The Bertz CT molecular complexity index is 634. The highest BCUT2D eigenvalue weighted by molar-refractivity contribution is 6.30. The number of ether oxygens (including phenoxy) is 1. The van der Waals surface area contributed by atoms with Gasteiger partial charge in [0.05, 0.1) is 6.04 Å². The summed E-state index contributed by atoms with van der Waals surface area (Å²) in [5, 5.41) is 0.635. The second-order valence-corrected chi connectivity index (χ2v) is 5.54. The molecule has 0 aromatic heterocycles. The number of carbonyl (C=O) groups is 3. The van der Waals surface area contributed by atoms with Gasteiger partial charge in [0.1, 0.15) is 0 Å². The molecule has 0 radical (unpaired) electrons. The van der Waals surface area contributed by atoms with Crippen LogP contribution in [0, 0.1) is 0 Å². The Labute approximate surface area is 131 Å². The number of likely N-dealkylation sites (tertiary alicyclic amines) is 1. The van der Waals surface area contributed by atoms with Crippen molar-refractivity contribution in [1.29, 1.82) is 0 Å². The Kier molecular flexibility index (Phi) is 3.85. The summed E-state index contributed by atoms with van der Waals surface area (Å²) >= 11 is 5.79. The molecule has 0 unspecified atom stereocenters. The molecule has 0 bridgehead atoms. The number of amides is 3. The van der Waals surface area contributed by atoms with Gasteiger partial charge in [-0.15, -0.1) is 0 Å². The topological polar surface area (TPSA) is 66.9 Å². The van der Waals surface area contributed by atoms with Gasteiger partial charge in [-0.25, -0.2) is 9.69 Å². The van der Waals surface area contributed by atoms with E-state index in [2.05, 4.69) is 4.74 Å². The Morgan fingerprint density at radius 1 is 1.23 bits per heavy atom. The third kappa shape index (κ3) is 2.82. The first-order valence-corrected chi connectivity index (χ1v) is 7.14. The van der Waals surface area contributed by atoms with Gasteiger partial charge < -0.3 is 9.64 Å². The lowest BCUT2D eigenvalue weighted by Gasteiger charge is -2.41. The highest BCUT2D eigenvalue weighted by atomic mass is 35.5. The van der Waals surface area contributed by atoms with Crippen LogP contribution < -0.4 is 0 Å². The van der Waals surface area contributed by atoms with E-state index in [9.17, 15) is 14.4 Å². The molecule has 0 spiro atoms. The average molecular weight is 321 g/mol. The Morgan fingerprint density at radius 2 is 1.91 bits per heavy atom. The fourth-order valence-corrected chi connectivity index (χ4v) is 2.49. The van der Waals surface area contributed by atoms with Crippen LogP contribution in [0.4, 0.5) is 4.79 Å². The maximum absolute atomic E-state index is 12.0. The van der Waals surface area contributed by atoms with Crippen LogP contribution in [0.3, 0.4) is 0 Å². The molecule has 0 atom stereocenters. The molecular weight excluding hydrogens is 308 g/mol. The second kappa shape index (κ2) is 5.81. The highest BCUT2D eigenvalue weighted by Crippen LogP contribution is 2.20. The van der Waals surface area contributed by atoms with Crippen molar-refractivity contribution < 1.29 is 19.1 Å². The molecule has 2 fully saturated rings. The van der Waals surface area contributed by atoms with Gasteiger partial charge in [0.2, 0.25) is 5.91 Å². The zero-order valence-corrected chi connectivity index (χ0v) is 12.3. The largest absolute Gasteiger partial charge is 0.439 e. The normalized spacial score (nSPS) is 18.8. The molecule has 2 aliphatic heterocycles. The van der Waals surface area contributed by atoms with Crippen LogP contribution in [0.2, 0.25) is 5.02 Å². The molecule has 6 nitrogen and oxygen atoms in total. The molecule has 2 saturated heterocycles. The predicted octanol–water partition coefficient (Wildman–Crippen LogP) is 1.54. The molecule has 1 aromatic rings. The third-order valence-corrected chi connectivity index (χ3v) is 3.86. The Morgan fingerprint density at radius 3 is 2.50 bits per heavy atom. The van der Waals surface area contributed by atoms with Gasteiger partial charge >= 0.3 is 6.09 Å². The molecule has 0 aliphatic carbocycles. The highest BCUT2D eigenvalue weighted by Gasteiger charge is 2.43. The summed E-state index contributed by atoms with van der Waals surface area (Å²) in [6, 6.07) is 6.83. The molecule has 0 N–H and O–H groups in total. The van der Waals surface area contributed by atoms with Gasteiger partial charge in [0.25, 0.3) is 5.91 Å². The molecule has 1 aromatic carbocycles. The number of nitrogens with zero attached hydrogens (tertiary/aromatic N) is 2. The van der Waals surface area contributed by atoms with E-state index in [0.717, 1.165) is 10.5 Å². The van der Waals surface area contributed by atoms with Crippen molar-refractivity contribution in [2.24, 2.45) is 0 Å². The smallest absolute Gasteiger partial charge is 0.417 e.